The van der Waals surface area contributed by atoms with Crippen LogP contribution in [0.3, 0.4) is 0 Å². The molecule has 0 heterocycles. The lowest BCUT2D eigenvalue weighted by atomic mass is 9.87. The molecular weight excluding hydrogens is 378 g/mol. The standard InChI is InChI=1S/C20H21N3O6/c1-2-29-17(24)12-16(13-8-10-15(11-9-13)23(27)28)18(19(21)25)22-20(26)14-6-4-3-5-7-14/h3-11,16,18H,2,12H2,1H3,(H2,21,25)(H,22,26)/t16-,18-/m0/s1. The van der Waals surface area contributed by atoms with Crippen LogP contribution in [0.15, 0.2) is 54.6 Å². The molecule has 9 heteroatoms. The number of nitro benzene ring substituents is 1. The van der Waals surface area contributed by atoms with E-state index >= 15 is 0 Å². The van der Waals surface area contributed by atoms with E-state index in [1.54, 1.807) is 37.3 Å². The molecule has 3 N–H and O–H groups in total. The average molecular weight is 399 g/mol. The molecule has 0 saturated heterocycles. The van der Waals surface area contributed by atoms with Gasteiger partial charge in [-0.3, -0.25) is 24.5 Å². The second-order valence-electron chi connectivity index (χ2n) is 6.18. The second-order valence-corrected chi connectivity index (χ2v) is 6.18. The van der Waals surface area contributed by atoms with Crippen LogP contribution in [0.4, 0.5) is 5.69 Å². The highest BCUT2D eigenvalue weighted by atomic mass is 16.6. The largest absolute Gasteiger partial charge is 0.466 e. The fourth-order valence-corrected chi connectivity index (χ4v) is 2.85. The molecule has 2 aromatic rings. The van der Waals surface area contributed by atoms with Gasteiger partial charge in [0.25, 0.3) is 11.6 Å². The first-order valence-electron chi connectivity index (χ1n) is 8.88. The zero-order valence-corrected chi connectivity index (χ0v) is 15.7. The van der Waals surface area contributed by atoms with Crippen LogP contribution in [0.1, 0.15) is 35.2 Å². The summed E-state index contributed by atoms with van der Waals surface area (Å²) in [5, 5.41) is 13.5. The lowest BCUT2D eigenvalue weighted by molar-refractivity contribution is -0.384. The van der Waals surface area contributed by atoms with Crippen molar-refractivity contribution in [2.45, 2.75) is 25.3 Å². The summed E-state index contributed by atoms with van der Waals surface area (Å²) in [6.45, 7) is 1.78. The molecule has 0 saturated carbocycles. The van der Waals surface area contributed by atoms with Crippen molar-refractivity contribution in [2.75, 3.05) is 6.61 Å². The number of carbonyl (C=O) groups is 3. The van der Waals surface area contributed by atoms with Crippen LogP contribution in [0, 0.1) is 10.1 Å². The van der Waals surface area contributed by atoms with Crippen LogP contribution in [0.2, 0.25) is 0 Å². The number of benzene rings is 2. The molecule has 9 nitrogen and oxygen atoms in total. The molecule has 0 aliphatic heterocycles. The number of ether oxygens (including phenoxy) is 1. The van der Waals surface area contributed by atoms with E-state index in [-0.39, 0.29) is 18.7 Å². The van der Waals surface area contributed by atoms with Crippen LogP contribution in [0.25, 0.3) is 0 Å². The third-order valence-electron chi connectivity index (χ3n) is 4.26. The number of hydrogen-bond acceptors (Lipinski definition) is 6. The molecule has 0 fully saturated rings. The zero-order valence-electron chi connectivity index (χ0n) is 15.7. The Morgan fingerprint density at radius 1 is 1.10 bits per heavy atom. The summed E-state index contributed by atoms with van der Waals surface area (Å²) in [6.07, 6.45) is -0.242. The number of nitrogens with one attached hydrogen (secondary N) is 1. The van der Waals surface area contributed by atoms with E-state index in [2.05, 4.69) is 5.32 Å². The fraction of sp³-hybridized carbons (Fsp3) is 0.250. The Morgan fingerprint density at radius 3 is 2.24 bits per heavy atom. The predicted molar refractivity (Wildman–Crippen MR) is 104 cm³/mol. The number of nitro groups is 1. The van der Waals surface area contributed by atoms with E-state index in [1.165, 1.54) is 24.3 Å². The fourth-order valence-electron chi connectivity index (χ4n) is 2.85. The van der Waals surface area contributed by atoms with Crippen molar-refractivity contribution in [3.63, 3.8) is 0 Å². The number of rotatable bonds is 9. The van der Waals surface area contributed by atoms with E-state index in [9.17, 15) is 24.5 Å². The molecule has 2 rings (SSSR count). The summed E-state index contributed by atoms with van der Waals surface area (Å²) in [6, 6.07) is 12.3. The van der Waals surface area contributed by atoms with Crippen molar-refractivity contribution in [2.24, 2.45) is 5.73 Å². The number of primary amides is 1. The Kier molecular flexibility index (Phi) is 7.41. The van der Waals surface area contributed by atoms with E-state index in [0.29, 0.717) is 11.1 Å². The number of esters is 1. The van der Waals surface area contributed by atoms with Crippen LogP contribution in [-0.4, -0.2) is 35.4 Å². The highest BCUT2D eigenvalue weighted by Gasteiger charge is 2.32. The normalized spacial score (nSPS) is 12.4. The number of amides is 2. The van der Waals surface area contributed by atoms with E-state index < -0.39 is 34.7 Å². The molecule has 0 aliphatic rings. The van der Waals surface area contributed by atoms with Crippen molar-refractivity contribution in [3.05, 3.63) is 75.8 Å². The maximum Gasteiger partial charge on any atom is 0.306 e. The van der Waals surface area contributed by atoms with Crippen molar-refractivity contribution in [1.29, 1.82) is 0 Å². The molecule has 2 aromatic carbocycles. The highest BCUT2D eigenvalue weighted by molar-refractivity contribution is 5.97. The minimum atomic E-state index is -1.23. The summed E-state index contributed by atoms with van der Waals surface area (Å²) in [5.41, 5.74) is 6.12. The maximum atomic E-state index is 12.5. The van der Waals surface area contributed by atoms with Crippen molar-refractivity contribution in [1.82, 2.24) is 5.32 Å². The van der Waals surface area contributed by atoms with Crippen LogP contribution in [-0.2, 0) is 14.3 Å². The van der Waals surface area contributed by atoms with Gasteiger partial charge in [0.15, 0.2) is 0 Å². The van der Waals surface area contributed by atoms with Crippen LogP contribution >= 0.6 is 0 Å². The number of hydrogen-bond donors (Lipinski definition) is 2. The molecule has 0 aliphatic carbocycles. The third-order valence-corrected chi connectivity index (χ3v) is 4.26. The highest BCUT2D eigenvalue weighted by Crippen LogP contribution is 2.27. The van der Waals surface area contributed by atoms with Crippen molar-refractivity contribution >= 4 is 23.5 Å². The van der Waals surface area contributed by atoms with E-state index in [0.717, 1.165) is 0 Å². The molecule has 0 spiro atoms. The molecule has 0 bridgehead atoms. The molecule has 2 amide bonds. The number of non-ortho nitro benzene ring substituents is 1. The van der Waals surface area contributed by atoms with Gasteiger partial charge in [0, 0.05) is 23.6 Å². The molecule has 0 radical (unpaired) electrons. The first-order valence-corrected chi connectivity index (χ1v) is 8.88. The molecule has 152 valence electrons. The Hall–Kier alpha value is -3.75. The quantitative estimate of drug-likeness (QED) is 0.375. The monoisotopic (exact) mass is 399 g/mol. The summed E-state index contributed by atoms with van der Waals surface area (Å²) < 4.78 is 4.96. The van der Waals surface area contributed by atoms with Gasteiger partial charge in [-0.05, 0) is 24.6 Å². The SMILES string of the molecule is CCOC(=O)C[C@@H](c1ccc([N+](=O)[O-])cc1)[C@H](NC(=O)c1ccccc1)C(N)=O. The summed E-state index contributed by atoms with van der Waals surface area (Å²) in [5.74, 6) is -2.83. The summed E-state index contributed by atoms with van der Waals surface area (Å²) >= 11 is 0. The Balaban J connectivity index is 2.36. The Morgan fingerprint density at radius 2 is 1.72 bits per heavy atom. The van der Waals surface area contributed by atoms with Gasteiger partial charge in [0.05, 0.1) is 18.0 Å². The lowest BCUT2D eigenvalue weighted by Gasteiger charge is -2.25. The van der Waals surface area contributed by atoms with Gasteiger partial charge in [-0.1, -0.05) is 30.3 Å². The Bertz CT molecular complexity index is 883. The third kappa shape index (κ3) is 5.86. The van der Waals surface area contributed by atoms with Gasteiger partial charge in [0.2, 0.25) is 5.91 Å². The van der Waals surface area contributed by atoms with Crippen LogP contribution in [0.5, 0.6) is 0 Å². The minimum absolute atomic E-state index is 0.142. The molecule has 29 heavy (non-hydrogen) atoms. The minimum Gasteiger partial charge on any atom is -0.466 e. The van der Waals surface area contributed by atoms with Gasteiger partial charge in [-0.15, -0.1) is 0 Å². The van der Waals surface area contributed by atoms with Gasteiger partial charge < -0.3 is 15.8 Å². The van der Waals surface area contributed by atoms with Gasteiger partial charge >= 0.3 is 5.97 Å². The molecule has 0 aromatic heterocycles. The Labute approximate surface area is 167 Å². The first kappa shape index (κ1) is 21.5. The summed E-state index contributed by atoms with van der Waals surface area (Å²) in [7, 11) is 0. The van der Waals surface area contributed by atoms with E-state index in [4.69, 9.17) is 10.5 Å². The molecule has 0 unspecified atom stereocenters. The molecular formula is C20H21N3O6. The van der Waals surface area contributed by atoms with Gasteiger partial charge in [-0.25, -0.2) is 0 Å². The first-order chi connectivity index (χ1) is 13.8. The lowest BCUT2D eigenvalue weighted by Crippen LogP contribution is -2.48. The van der Waals surface area contributed by atoms with Gasteiger partial charge in [-0.2, -0.15) is 0 Å². The van der Waals surface area contributed by atoms with Crippen LogP contribution < -0.4 is 11.1 Å². The smallest absolute Gasteiger partial charge is 0.306 e. The summed E-state index contributed by atoms with van der Waals surface area (Å²) in [4.78, 5) is 47.1. The topological polar surface area (TPSA) is 142 Å². The van der Waals surface area contributed by atoms with E-state index in [1.807, 2.05) is 0 Å². The number of carbonyl (C=O) groups excluding carboxylic acids is 3. The zero-order chi connectivity index (χ0) is 21.4. The maximum absolute atomic E-state index is 12.5. The molecule has 2 atom stereocenters. The van der Waals surface area contributed by atoms with Gasteiger partial charge in [0.1, 0.15) is 6.04 Å². The second kappa shape index (κ2) is 9.98. The number of nitrogens with two attached hydrogens (primary N) is 1. The number of nitrogens with zero attached hydrogens (tertiary/aromatic N) is 1. The van der Waals surface area contributed by atoms with Crippen molar-refractivity contribution in [3.8, 4) is 0 Å². The van der Waals surface area contributed by atoms with Crippen molar-refractivity contribution < 1.29 is 24.0 Å². The average Bonchev–Trinajstić information content (AvgIpc) is 2.71. The predicted octanol–water partition coefficient (Wildman–Crippen LogP) is 1.92.